The van der Waals surface area contributed by atoms with Crippen molar-refractivity contribution in [2.75, 3.05) is 17.8 Å². The van der Waals surface area contributed by atoms with E-state index < -0.39 is 27.5 Å². The summed E-state index contributed by atoms with van der Waals surface area (Å²) >= 11 is 7.45. The van der Waals surface area contributed by atoms with Gasteiger partial charge in [0.25, 0.3) is 0 Å². The molecular formula is C19H20ClN3O3S2. The number of thioether (sulfide) groups is 1. The summed E-state index contributed by atoms with van der Waals surface area (Å²) in [6, 6.07) is 13.0. The fourth-order valence-electron chi connectivity index (χ4n) is 2.78. The number of aromatic nitrogens is 2. The molecule has 0 unspecified atom stereocenters. The molecule has 0 saturated heterocycles. The minimum absolute atomic E-state index is 0.0662. The van der Waals surface area contributed by atoms with Crippen molar-refractivity contribution in [1.82, 2.24) is 15.3 Å². The molecule has 0 bridgehead atoms. The lowest BCUT2D eigenvalue weighted by Gasteiger charge is -2.16. The van der Waals surface area contributed by atoms with Gasteiger partial charge in [-0.15, -0.1) is 0 Å². The van der Waals surface area contributed by atoms with Crippen molar-refractivity contribution in [3.8, 4) is 0 Å². The second-order valence-corrected chi connectivity index (χ2v) is 9.67. The minimum Gasteiger partial charge on any atom is -0.345 e. The first-order valence-electron chi connectivity index (χ1n) is 8.60. The molecule has 1 aromatic heterocycles. The summed E-state index contributed by atoms with van der Waals surface area (Å²) in [6.45, 7) is 0. The number of hydrogen-bond acceptors (Lipinski definition) is 5. The Kier molecular flexibility index (Phi) is 6.64. The third-order valence-electron chi connectivity index (χ3n) is 4.18. The number of para-hydroxylation sites is 2. The van der Waals surface area contributed by atoms with Gasteiger partial charge in [-0.2, -0.15) is 11.8 Å². The Bertz CT molecular complexity index is 1030. The van der Waals surface area contributed by atoms with Crippen molar-refractivity contribution in [3.05, 3.63) is 59.4 Å². The van der Waals surface area contributed by atoms with E-state index in [0.717, 1.165) is 16.8 Å². The van der Waals surface area contributed by atoms with Crippen LogP contribution in [0.15, 0.2) is 53.4 Å². The fraction of sp³-hybridized carbons (Fsp3) is 0.263. The smallest absolute Gasteiger partial charge is 0.236 e. The maximum atomic E-state index is 12.5. The second-order valence-electron chi connectivity index (χ2n) is 6.25. The molecule has 0 radical (unpaired) electrons. The lowest BCUT2D eigenvalue weighted by Crippen LogP contribution is -2.34. The number of H-pyrrole nitrogens is 1. The molecule has 0 aliphatic carbocycles. The van der Waals surface area contributed by atoms with E-state index in [4.69, 9.17) is 11.6 Å². The van der Waals surface area contributed by atoms with Gasteiger partial charge in [-0.1, -0.05) is 23.7 Å². The monoisotopic (exact) mass is 437 g/mol. The largest absolute Gasteiger partial charge is 0.345 e. The first kappa shape index (κ1) is 20.7. The van der Waals surface area contributed by atoms with E-state index in [0.29, 0.717) is 17.3 Å². The summed E-state index contributed by atoms with van der Waals surface area (Å²) in [5.41, 5.74) is 1.67. The predicted molar refractivity (Wildman–Crippen MR) is 113 cm³/mol. The standard InChI is InChI=1S/C19H20ClN3O3S2/c1-27-11-10-17(19-22-15-4-2-3-5-16(15)23-19)21-18(24)12-28(25,26)14-8-6-13(20)7-9-14/h2-9,17H,10-12H2,1H3,(H,21,24)(H,22,23)/t17-/m0/s1. The molecule has 3 rings (SSSR count). The minimum atomic E-state index is -3.76. The summed E-state index contributed by atoms with van der Waals surface area (Å²) in [4.78, 5) is 20.3. The number of sulfone groups is 1. The van der Waals surface area contributed by atoms with Crippen molar-refractivity contribution in [2.24, 2.45) is 0 Å². The van der Waals surface area contributed by atoms with Crippen LogP contribution >= 0.6 is 23.4 Å². The van der Waals surface area contributed by atoms with Crippen molar-refractivity contribution in [2.45, 2.75) is 17.4 Å². The number of carbonyl (C=O) groups is 1. The number of nitrogens with zero attached hydrogens (tertiary/aromatic N) is 1. The highest BCUT2D eigenvalue weighted by Gasteiger charge is 2.23. The normalized spacial score (nSPS) is 12.8. The van der Waals surface area contributed by atoms with Crippen LogP contribution in [0, 0.1) is 0 Å². The Morgan fingerprint density at radius 3 is 2.61 bits per heavy atom. The van der Waals surface area contributed by atoms with Gasteiger partial charge < -0.3 is 10.3 Å². The van der Waals surface area contributed by atoms with Crippen LogP contribution in [0.1, 0.15) is 18.3 Å². The number of amides is 1. The van der Waals surface area contributed by atoms with Crippen LogP contribution in [0.3, 0.4) is 0 Å². The first-order valence-corrected chi connectivity index (χ1v) is 12.0. The zero-order valence-corrected chi connectivity index (χ0v) is 17.6. The lowest BCUT2D eigenvalue weighted by molar-refractivity contribution is -0.119. The molecule has 1 amide bonds. The third kappa shape index (κ3) is 5.06. The summed E-state index contributed by atoms with van der Waals surface area (Å²) in [6.07, 6.45) is 2.61. The quantitative estimate of drug-likeness (QED) is 0.561. The summed E-state index contributed by atoms with van der Waals surface area (Å²) in [7, 11) is -3.76. The second kappa shape index (κ2) is 8.98. The van der Waals surface area contributed by atoms with E-state index in [1.807, 2.05) is 30.5 Å². The Morgan fingerprint density at radius 2 is 1.93 bits per heavy atom. The molecule has 9 heteroatoms. The number of nitrogens with one attached hydrogen (secondary N) is 2. The number of benzene rings is 2. The predicted octanol–water partition coefficient (Wildman–Crippen LogP) is 3.60. The molecule has 0 spiro atoms. The highest BCUT2D eigenvalue weighted by Crippen LogP contribution is 2.21. The maximum Gasteiger partial charge on any atom is 0.236 e. The van der Waals surface area contributed by atoms with Gasteiger partial charge in [-0.25, -0.2) is 13.4 Å². The molecule has 2 N–H and O–H groups in total. The molecule has 0 aliphatic heterocycles. The van der Waals surface area contributed by atoms with Gasteiger partial charge in [0, 0.05) is 5.02 Å². The topological polar surface area (TPSA) is 91.9 Å². The SMILES string of the molecule is CSCC[C@H](NC(=O)CS(=O)(=O)c1ccc(Cl)cc1)c1nc2ccccc2[nH]1. The van der Waals surface area contributed by atoms with E-state index in [9.17, 15) is 13.2 Å². The molecule has 0 aliphatic rings. The van der Waals surface area contributed by atoms with E-state index in [1.165, 1.54) is 24.3 Å². The third-order valence-corrected chi connectivity index (χ3v) is 6.71. The van der Waals surface area contributed by atoms with E-state index in [1.54, 1.807) is 11.8 Å². The summed E-state index contributed by atoms with van der Waals surface area (Å²) < 4.78 is 25.0. The van der Waals surface area contributed by atoms with Crippen LogP contribution in [-0.4, -0.2) is 42.1 Å². The molecule has 1 atom stereocenters. The fourth-order valence-corrected chi connectivity index (χ4v) is 4.53. The molecule has 6 nitrogen and oxygen atoms in total. The molecule has 2 aromatic carbocycles. The van der Waals surface area contributed by atoms with Crippen molar-refractivity contribution in [1.29, 1.82) is 0 Å². The first-order chi connectivity index (χ1) is 13.4. The lowest BCUT2D eigenvalue weighted by atomic mass is 10.2. The van der Waals surface area contributed by atoms with Gasteiger partial charge in [0.1, 0.15) is 11.6 Å². The highest BCUT2D eigenvalue weighted by atomic mass is 35.5. The zero-order chi connectivity index (χ0) is 20.1. The summed E-state index contributed by atoms with van der Waals surface area (Å²) in [5.74, 6) is 0.213. The molecule has 148 valence electrons. The van der Waals surface area contributed by atoms with Crippen LogP contribution in [0.25, 0.3) is 11.0 Å². The van der Waals surface area contributed by atoms with Gasteiger partial charge in [-0.05, 0) is 54.8 Å². The number of fused-ring (bicyclic) bond motifs is 1. The molecule has 0 fully saturated rings. The molecule has 1 heterocycles. The zero-order valence-electron chi connectivity index (χ0n) is 15.2. The Balaban J connectivity index is 1.76. The van der Waals surface area contributed by atoms with Gasteiger partial charge in [-0.3, -0.25) is 4.79 Å². The number of aromatic amines is 1. The Morgan fingerprint density at radius 1 is 1.21 bits per heavy atom. The Hall–Kier alpha value is -2.03. The molecule has 3 aromatic rings. The van der Waals surface area contributed by atoms with Gasteiger partial charge in [0.15, 0.2) is 9.84 Å². The number of carbonyl (C=O) groups excluding carboxylic acids is 1. The highest BCUT2D eigenvalue weighted by molar-refractivity contribution is 7.98. The molecule has 28 heavy (non-hydrogen) atoms. The average molecular weight is 438 g/mol. The van der Waals surface area contributed by atoms with E-state index >= 15 is 0 Å². The van der Waals surface area contributed by atoms with Crippen LogP contribution in [0.2, 0.25) is 5.02 Å². The van der Waals surface area contributed by atoms with Gasteiger partial charge >= 0.3 is 0 Å². The van der Waals surface area contributed by atoms with Crippen LogP contribution in [-0.2, 0) is 14.6 Å². The van der Waals surface area contributed by atoms with Crippen molar-refractivity contribution >= 4 is 50.1 Å². The summed E-state index contributed by atoms with van der Waals surface area (Å²) in [5, 5.41) is 3.25. The molecule has 0 saturated carbocycles. The maximum absolute atomic E-state index is 12.5. The van der Waals surface area contributed by atoms with Crippen molar-refractivity contribution in [3.63, 3.8) is 0 Å². The molecular weight excluding hydrogens is 418 g/mol. The van der Waals surface area contributed by atoms with Gasteiger partial charge in [0.05, 0.1) is 22.0 Å². The van der Waals surface area contributed by atoms with Crippen LogP contribution in [0.4, 0.5) is 0 Å². The average Bonchev–Trinajstić information content (AvgIpc) is 3.09. The van der Waals surface area contributed by atoms with E-state index in [-0.39, 0.29) is 4.90 Å². The Labute approximate surface area is 173 Å². The number of halogens is 1. The number of imidazole rings is 1. The van der Waals surface area contributed by atoms with Crippen LogP contribution < -0.4 is 5.32 Å². The number of rotatable bonds is 8. The number of hydrogen-bond donors (Lipinski definition) is 2. The van der Waals surface area contributed by atoms with Crippen LogP contribution in [0.5, 0.6) is 0 Å². The van der Waals surface area contributed by atoms with Crippen molar-refractivity contribution < 1.29 is 13.2 Å². The van der Waals surface area contributed by atoms with Gasteiger partial charge in [0.2, 0.25) is 5.91 Å². The van der Waals surface area contributed by atoms with E-state index in [2.05, 4.69) is 15.3 Å².